The molecule has 1 aromatic carbocycles. The van der Waals surface area contributed by atoms with E-state index in [4.69, 9.17) is 0 Å². The third-order valence-electron chi connectivity index (χ3n) is 3.40. The van der Waals surface area contributed by atoms with Crippen molar-refractivity contribution in [1.82, 2.24) is 10.0 Å². The molecule has 0 aliphatic carbocycles. The highest BCUT2D eigenvalue weighted by molar-refractivity contribution is 7.91. The Kier molecular flexibility index (Phi) is 5.56. The van der Waals surface area contributed by atoms with Crippen LogP contribution in [0.1, 0.15) is 35.9 Å². The van der Waals surface area contributed by atoms with Crippen molar-refractivity contribution in [3.63, 3.8) is 0 Å². The molecule has 124 valence electrons. The fourth-order valence-corrected chi connectivity index (χ4v) is 4.77. The van der Waals surface area contributed by atoms with Crippen molar-refractivity contribution >= 4 is 27.3 Å². The van der Waals surface area contributed by atoms with Crippen molar-refractivity contribution in [3.05, 3.63) is 52.4 Å². The van der Waals surface area contributed by atoms with Crippen molar-refractivity contribution in [2.24, 2.45) is 0 Å². The van der Waals surface area contributed by atoms with Gasteiger partial charge in [0.1, 0.15) is 4.21 Å². The lowest BCUT2D eigenvalue weighted by atomic mass is 10.0. The molecule has 1 heterocycles. The maximum absolute atomic E-state index is 12.5. The van der Waals surface area contributed by atoms with E-state index in [2.05, 4.69) is 10.0 Å². The second-order valence-electron chi connectivity index (χ2n) is 5.33. The first-order valence-corrected chi connectivity index (χ1v) is 9.50. The molecule has 0 aliphatic heterocycles. The van der Waals surface area contributed by atoms with Crippen molar-refractivity contribution in [3.8, 4) is 0 Å². The highest BCUT2D eigenvalue weighted by Crippen LogP contribution is 2.24. The van der Waals surface area contributed by atoms with Crippen LogP contribution in [0.25, 0.3) is 0 Å². The van der Waals surface area contributed by atoms with Crippen LogP contribution in [0.3, 0.4) is 0 Å². The van der Waals surface area contributed by atoms with Crippen molar-refractivity contribution in [2.45, 2.75) is 37.6 Å². The Morgan fingerprint density at radius 2 is 1.91 bits per heavy atom. The van der Waals surface area contributed by atoms with Crippen LogP contribution in [0, 0.1) is 6.92 Å². The van der Waals surface area contributed by atoms with Gasteiger partial charge in [-0.15, -0.1) is 11.3 Å². The lowest BCUT2D eigenvalue weighted by molar-refractivity contribution is -0.119. The molecule has 5 nitrogen and oxygen atoms in total. The van der Waals surface area contributed by atoms with Crippen molar-refractivity contribution < 1.29 is 13.2 Å². The summed E-state index contributed by atoms with van der Waals surface area (Å²) >= 11 is 1.16. The number of benzene rings is 1. The molecular weight excluding hydrogens is 332 g/mol. The van der Waals surface area contributed by atoms with E-state index < -0.39 is 10.0 Å². The van der Waals surface area contributed by atoms with Gasteiger partial charge in [-0.05, 0) is 37.1 Å². The van der Waals surface area contributed by atoms with E-state index in [0.717, 1.165) is 27.3 Å². The molecule has 0 bridgehead atoms. The molecule has 1 atom stereocenters. The number of rotatable bonds is 6. The number of sulfonamides is 1. The summed E-state index contributed by atoms with van der Waals surface area (Å²) < 4.78 is 27.9. The topological polar surface area (TPSA) is 75.3 Å². The molecule has 2 N–H and O–H groups in total. The third-order valence-corrected chi connectivity index (χ3v) is 6.52. The van der Waals surface area contributed by atoms with E-state index in [-0.39, 0.29) is 16.2 Å². The van der Waals surface area contributed by atoms with E-state index in [1.165, 1.54) is 6.92 Å². The van der Waals surface area contributed by atoms with Crippen LogP contribution in [-0.2, 0) is 21.4 Å². The van der Waals surface area contributed by atoms with Gasteiger partial charge in [0.25, 0.3) is 10.0 Å². The van der Waals surface area contributed by atoms with Crippen molar-refractivity contribution in [1.29, 1.82) is 0 Å². The fraction of sp³-hybridized carbons (Fsp3) is 0.312. The van der Waals surface area contributed by atoms with E-state index in [9.17, 15) is 13.2 Å². The fourth-order valence-electron chi connectivity index (χ4n) is 2.24. The van der Waals surface area contributed by atoms with Crippen LogP contribution < -0.4 is 10.0 Å². The molecule has 0 spiro atoms. The zero-order valence-corrected chi connectivity index (χ0v) is 14.9. The second kappa shape index (κ2) is 7.25. The molecule has 0 aliphatic rings. The number of thiophene rings is 1. The number of nitrogens with one attached hydrogen (secondary N) is 2. The average molecular weight is 352 g/mol. The summed E-state index contributed by atoms with van der Waals surface area (Å²) in [5.74, 6) is -0.144. The molecule has 2 aromatic rings. The lowest BCUT2D eigenvalue weighted by Gasteiger charge is -2.16. The SMILES string of the molecule is CC(=O)NCc1ccc(S(=O)(=O)N[C@H](C)c2ccccc2C)s1. The molecule has 1 amide bonds. The van der Waals surface area contributed by atoms with Gasteiger partial charge in [0.15, 0.2) is 0 Å². The summed E-state index contributed by atoms with van der Waals surface area (Å²) in [7, 11) is -3.59. The van der Waals surface area contributed by atoms with E-state index in [1.54, 1.807) is 12.1 Å². The Labute approximate surface area is 140 Å². The van der Waals surface area contributed by atoms with Gasteiger partial charge in [-0.25, -0.2) is 13.1 Å². The van der Waals surface area contributed by atoms with Gasteiger partial charge < -0.3 is 5.32 Å². The Hall–Kier alpha value is -1.70. The monoisotopic (exact) mass is 352 g/mol. The normalized spacial score (nSPS) is 12.8. The van der Waals surface area contributed by atoms with Gasteiger partial charge in [-0.1, -0.05) is 24.3 Å². The summed E-state index contributed by atoms with van der Waals surface area (Å²) in [5.41, 5.74) is 1.99. The summed E-state index contributed by atoms with van der Waals surface area (Å²) in [5, 5.41) is 2.66. The first-order valence-electron chi connectivity index (χ1n) is 7.20. The lowest BCUT2D eigenvalue weighted by Crippen LogP contribution is -2.26. The number of hydrogen-bond donors (Lipinski definition) is 2. The Morgan fingerprint density at radius 3 is 2.57 bits per heavy atom. The molecule has 23 heavy (non-hydrogen) atoms. The average Bonchev–Trinajstić information content (AvgIpc) is 2.94. The van der Waals surface area contributed by atoms with Gasteiger partial charge in [-0.2, -0.15) is 0 Å². The summed E-state index contributed by atoms with van der Waals surface area (Å²) in [6.07, 6.45) is 0. The predicted molar refractivity (Wildman–Crippen MR) is 91.8 cm³/mol. The van der Waals surface area contributed by atoms with Gasteiger partial charge in [-0.3, -0.25) is 4.79 Å². The molecule has 0 saturated heterocycles. The summed E-state index contributed by atoms with van der Waals surface area (Å²) in [4.78, 5) is 11.7. The minimum atomic E-state index is -3.59. The molecular formula is C16H20N2O3S2. The van der Waals surface area contributed by atoms with E-state index >= 15 is 0 Å². The zero-order chi connectivity index (χ0) is 17.0. The van der Waals surface area contributed by atoms with Crippen LogP contribution in [0.15, 0.2) is 40.6 Å². The van der Waals surface area contributed by atoms with E-state index in [0.29, 0.717) is 6.54 Å². The van der Waals surface area contributed by atoms with Crippen LogP contribution in [-0.4, -0.2) is 14.3 Å². The zero-order valence-electron chi connectivity index (χ0n) is 13.3. The number of carbonyl (C=O) groups is 1. The minimum absolute atomic E-state index is 0.144. The molecule has 0 unspecified atom stereocenters. The largest absolute Gasteiger partial charge is 0.351 e. The third kappa shape index (κ3) is 4.63. The Bertz CT molecular complexity index is 797. The van der Waals surface area contributed by atoms with Crippen LogP contribution in [0.2, 0.25) is 0 Å². The molecule has 0 fully saturated rings. The van der Waals surface area contributed by atoms with Crippen LogP contribution in [0.4, 0.5) is 0 Å². The summed E-state index contributed by atoms with van der Waals surface area (Å²) in [6.45, 7) is 5.54. The van der Waals surface area contributed by atoms with Gasteiger partial charge in [0.05, 0.1) is 6.54 Å². The first kappa shape index (κ1) is 17.7. The summed E-state index contributed by atoms with van der Waals surface area (Å²) in [6, 6.07) is 10.7. The molecule has 7 heteroatoms. The quantitative estimate of drug-likeness (QED) is 0.839. The van der Waals surface area contributed by atoms with Crippen LogP contribution in [0.5, 0.6) is 0 Å². The van der Waals surface area contributed by atoms with Gasteiger partial charge >= 0.3 is 0 Å². The highest BCUT2D eigenvalue weighted by atomic mass is 32.2. The van der Waals surface area contributed by atoms with E-state index in [1.807, 2.05) is 38.1 Å². The molecule has 0 radical (unpaired) electrons. The minimum Gasteiger partial charge on any atom is -0.351 e. The molecule has 1 aromatic heterocycles. The second-order valence-corrected chi connectivity index (χ2v) is 8.44. The van der Waals surface area contributed by atoms with Gasteiger partial charge in [0, 0.05) is 17.8 Å². The Morgan fingerprint density at radius 1 is 1.22 bits per heavy atom. The standard InChI is InChI=1S/C16H20N2O3S2/c1-11-6-4-5-7-15(11)12(2)18-23(20,21)16-9-8-14(22-16)10-17-13(3)19/h4-9,12,18H,10H2,1-3H3,(H,17,19)/t12-/m1/s1. The number of aryl methyl sites for hydroxylation is 1. The molecule has 0 saturated carbocycles. The molecule has 2 rings (SSSR count). The maximum Gasteiger partial charge on any atom is 0.250 e. The van der Waals surface area contributed by atoms with Gasteiger partial charge in [0.2, 0.25) is 5.91 Å². The highest BCUT2D eigenvalue weighted by Gasteiger charge is 2.21. The predicted octanol–water partition coefficient (Wildman–Crippen LogP) is 2.73. The first-order chi connectivity index (χ1) is 10.8. The maximum atomic E-state index is 12.5. The Balaban J connectivity index is 2.13. The number of amides is 1. The number of hydrogen-bond acceptors (Lipinski definition) is 4. The number of carbonyl (C=O) groups excluding carboxylic acids is 1. The van der Waals surface area contributed by atoms with Crippen molar-refractivity contribution in [2.75, 3.05) is 0 Å². The van der Waals surface area contributed by atoms with Crippen LogP contribution >= 0.6 is 11.3 Å². The smallest absolute Gasteiger partial charge is 0.250 e.